The fourth-order valence-electron chi connectivity index (χ4n) is 12.1. The van der Waals surface area contributed by atoms with Gasteiger partial charge in [-0.1, -0.05) is 146 Å². The van der Waals surface area contributed by atoms with Crippen LogP contribution in [0.15, 0.2) is 207 Å². The van der Waals surface area contributed by atoms with Gasteiger partial charge in [0.1, 0.15) is 57.5 Å². The van der Waals surface area contributed by atoms with Crippen molar-refractivity contribution >= 4 is 82.2 Å². The normalized spacial score (nSPS) is 12.4. The molecule has 12 rings (SSSR count). The van der Waals surface area contributed by atoms with Gasteiger partial charge in [-0.15, -0.1) is 0 Å². The van der Waals surface area contributed by atoms with Crippen LogP contribution in [0.25, 0.3) is 21.8 Å². The van der Waals surface area contributed by atoms with Gasteiger partial charge in [0, 0.05) is 44.3 Å². The molecular weight excluding hydrogens is 1490 g/mol. The van der Waals surface area contributed by atoms with E-state index in [1.807, 2.05) is 121 Å². The number of esters is 1. The van der Waals surface area contributed by atoms with Crippen LogP contribution in [-0.4, -0.2) is 146 Å². The van der Waals surface area contributed by atoms with E-state index in [1.165, 1.54) is 48.5 Å². The van der Waals surface area contributed by atoms with Gasteiger partial charge in [-0.05, 0) is 143 Å². The second-order valence-corrected chi connectivity index (χ2v) is 33.4. The van der Waals surface area contributed by atoms with Gasteiger partial charge in [0.15, 0.2) is 11.5 Å². The fraction of sp³-hybridized carbons (Fsp3) is 0.289. The van der Waals surface area contributed by atoms with Crippen LogP contribution >= 0.6 is 22.3 Å². The molecule has 0 aliphatic carbocycles. The SMILES string of the molecule is CCOC(=O)CCP(C)(C)=O.CCOP(=O)(CCCO)OCC.CCOP(=O)(CCCOc1c2c(c(OC(c3ccccc3)c3ccccc3)c3ncccc13)C(=O)N(Cc1ccc(F)cc1)C2=O)OCC.O=C1c2c(c(OC(c3ccccc3)c3ccccc3)c3ncccc3c2O)C(=O)N1Cc1ccc(F)cc1.[B].[H-].[Li+]. The number of phenolic OH excluding ortho intramolecular Hbond substituents is 1. The molecule has 3 radical (unpaired) electrons. The van der Waals surface area contributed by atoms with E-state index in [1.54, 1.807) is 84.6 Å². The van der Waals surface area contributed by atoms with Crippen molar-refractivity contribution in [2.24, 2.45) is 0 Å². The molecule has 4 amide bonds. The van der Waals surface area contributed by atoms with Gasteiger partial charge in [-0.2, -0.15) is 0 Å². The number of fused-ring (bicyclic) bond motifs is 4. The molecule has 0 spiro atoms. The zero-order chi connectivity index (χ0) is 79.0. The number of aliphatic hydroxyl groups excluding tert-OH is 1. The Balaban J connectivity index is 0.000000274. The largest absolute Gasteiger partial charge is 1.00 e. The number of aromatic hydroxyl groups is 1. The van der Waals surface area contributed by atoms with E-state index >= 15 is 0 Å². The van der Waals surface area contributed by atoms with Crippen LogP contribution in [-0.2, 0) is 54.4 Å². The minimum absolute atomic E-state index is 0. The number of carbonyl (C=O) groups is 5. The summed E-state index contributed by atoms with van der Waals surface area (Å²) in [4.78, 5) is 77.9. The molecule has 4 heterocycles. The van der Waals surface area contributed by atoms with E-state index < -0.39 is 69.8 Å². The first-order valence-corrected chi connectivity index (χ1v) is 42.3. The molecule has 2 aliphatic rings. The number of hydrogen-bond donors (Lipinski definition) is 2. The Morgan fingerprint density at radius 1 is 0.473 bits per heavy atom. The Morgan fingerprint density at radius 3 is 1.21 bits per heavy atom. The van der Waals surface area contributed by atoms with Crippen molar-refractivity contribution < 1.29 is 114 Å². The van der Waals surface area contributed by atoms with Crippen LogP contribution < -0.4 is 33.1 Å². The number of benzene rings is 8. The van der Waals surface area contributed by atoms with E-state index in [2.05, 4.69) is 14.7 Å². The van der Waals surface area contributed by atoms with Crippen molar-refractivity contribution in [3.05, 3.63) is 274 Å². The fourth-order valence-corrected chi connectivity index (χ4v) is 16.1. The van der Waals surface area contributed by atoms with E-state index in [4.69, 9.17) is 37.4 Å². The molecule has 0 fully saturated rings. The monoisotopic (exact) mass is 1580 g/mol. The van der Waals surface area contributed by atoms with E-state index in [9.17, 15) is 51.6 Å². The van der Waals surface area contributed by atoms with Gasteiger partial charge in [0.05, 0.1) is 89.7 Å². The summed E-state index contributed by atoms with van der Waals surface area (Å²) in [6.45, 7) is 13.6. The van der Waals surface area contributed by atoms with Crippen LogP contribution in [0, 0.1) is 11.6 Å². The molecule has 0 saturated carbocycles. The minimum Gasteiger partial charge on any atom is -1.00 e. The van der Waals surface area contributed by atoms with Crippen LogP contribution in [0.3, 0.4) is 0 Å². The molecule has 2 N–H and O–H groups in total. The van der Waals surface area contributed by atoms with Crippen LogP contribution in [0.5, 0.6) is 23.0 Å². The zero-order valence-electron chi connectivity index (χ0n) is 64.8. The predicted octanol–water partition coefficient (Wildman–Crippen LogP) is 14.4. The summed E-state index contributed by atoms with van der Waals surface area (Å²) >= 11 is 0. The smallest absolute Gasteiger partial charge is 1.00 e. The van der Waals surface area contributed by atoms with E-state index in [0.29, 0.717) is 66.0 Å². The quantitative estimate of drug-likeness (QED) is 0.0130. The number of aromatic nitrogens is 2. The van der Waals surface area contributed by atoms with Gasteiger partial charge >= 0.3 is 40.0 Å². The first-order valence-electron chi connectivity index (χ1n) is 36.0. The van der Waals surface area contributed by atoms with Gasteiger partial charge in [-0.3, -0.25) is 52.9 Å². The maximum atomic E-state index is 14.4. The number of phenols is 1. The van der Waals surface area contributed by atoms with Gasteiger partial charge in [-0.25, -0.2) is 8.78 Å². The van der Waals surface area contributed by atoms with Gasteiger partial charge < -0.3 is 53.2 Å². The summed E-state index contributed by atoms with van der Waals surface area (Å²) in [5.74, 6) is -3.44. The standard InChI is InChI=1S/C38H36FN2O7P.C31H21FN2O4.C7H17O4P.C7H15O3P.B.Li.H/c1-3-46-49(44,47-4-2)24-12-23-45-35-30-17-11-22-40-33(30)36(48-34(27-13-7-5-8-14-27)28-15-9-6-10-16-28)32-31(35)37(42)41(38(32)43)25-26-18-20-29(39)21-19-26;32-22-15-13-19(14-16-22)18-34-30(36)24-25(31(34)37)29(26-23(27(24)35)12-7-17-33-26)38-28(20-8-3-1-4-9-20)21-10-5-2-6-11-21;1-3-10-12(9,11-4-2)7-5-6-8;1-4-10-7(8)5-6-11(2,3)9;;;/h5-11,13-22,34H,3-4,12,23-25H2,1-2H3;1-17,28,35H,18H2;8H,3-7H2,1-2H3;4-6H2,1-3H3;;;/q;;;;;+1;-1. The number of nitrogens with zero attached hydrogens (tertiary/aromatic N) is 4. The number of ether oxygens (including phenoxy) is 4. The van der Waals surface area contributed by atoms with Crippen LogP contribution in [0.4, 0.5) is 8.78 Å². The molecule has 29 heteroatoms. The number of halogens is 2. The Morgan fingerprint density at radius 2 is 0.830 bits per heavy atom. The number of aliphatic hydroxyl groups is 1. The van der Waals surface area contributed by atoms with Crippen LogP contribution in [0.2, 0.25) is 0 Å². The number of imide groups is 2. The Kier molecular flexibility index (Phi) is 34.4. The number of rotatable bonds is 32. The average Bonchev–Trinajstić information content (AvgIpc) is 1.60. The third-order valence-corrected chi connectivity index (χ3v) is 22.7. The first kappa shape index (κ1) is 89.7. The van der Waals surface area contributed by atoms with Crippen molar-refractivity contribution in [1.82, 2.24) is 19.8 Å². The Bertz CT molecular complexity index is 4860. The third kappa shape index (κ3) is 23.4. The average molecular weight is 1580 g/mol. The molecule has 2 aliphatic heterocycles. The first-order chi connectivity index (χ1) is 53.0. The molecule has 22 nitrogen and oxygen atoms in total. The summed E-state index contributed by atoms with van der Waals surface area (Å²) in [6, 6.07) is 56.1. The van der Waals surface area contributed by atoms with Gasteiger partial charge in [0.25, 0.3) is 23.6 Å². The van der Waals surface area contributed by atoms with Crippen molar-refractivity contribution in [2.45, 2.75) is 79.2 Å². The third-order valence-electron chi connectivity index (χ3n) is 17.1. The van der Waals surface area contributed by atoms with Crippen molar-refractivity contribution in [2.75, 3.05) is 78.1 Å². The maximum Gasteiger partial charge on any atom is 1.00 e. The topological polar surface area (TPSA) is 283 Å². The molecule has 0 unspecified atom stereocenters. The maximum absolute atomic E-state index is 14.4. The predicted molar refractivity (Wildman–Crippen MR) is 423 cm³/mol. The second-order valence-electron chi connectivity index (χ2n) is 25.4. The summed E-state index contributed by atoms with van der Waals surface area (Å²) in [5, 5.41) is 20.4. The summed E-state index contributed by atoms with van der Waals surface area (Å²) in [7, 11) is -8.27. The molecule has 10 aromatic rings. The number of carbonyl (C=O) groups excluding carboxylic acids is 5. The number of amides is 4. The molecule has 0 atom stereocenters. The molecule has 583 valence electrons. The molecule has 0 bridgehead atoms. The Labute approximate surface area is 666 Å². The molecular formula is C83H90BF2LiN4O18P3. The van der Waals surface area contributed by atoms with Crippen molar-refractivity contribution in [3.8, 4) is 23.0 Å². The zero-order valence-corrected chi connectivity index (χ0v) is 66.5. The minimum atomic E-state index is -3.33. The van der Waals surface area contributed by atoms with Crippen molar-refractivity contribution in [3.63, 3.8) is 0 Å². The summed E-state index contributed by atoms with van der Waals surface area (Å²) < 4.78 is 108. The Hall–Kier alpha value is -9.46. The van der Waals surface area contributed by atoms with Gasteiger partial charge in [0.2, 0.25) is 0 Å². The van der Waals surface area contributed by atoms with E-state index in [0.717, 1.165) is 32.1 Å². The van der Waals surface area contributed by atoms with E-state index in [-0.39, 0.29) is 144 Å². The second kappa shape index (κ2) is 43.0. The molecule has 0 saturated heterocycles. The number of hydrogen-bond acceptors (Lipinski definition) is 20. The summed E-state index contributed by atoms with van der Waals surface area (Å²) in [5.41, 5.74) is 4.98. The number of pyridine rings is 2. The molecule has 8 aromatic carbocycles. The molecule has 2 aromatic heterocycles. The van der Waals surface area contributed by atoms with Crippen LogP contribution in [0.1, 0.15) is 142 Å². The van der Waals surface area contributed by atoms with Crippen molar-refractivity contribution in [1.29, 1.82) is 0 Å². The summed E-state index contributed by atoms with van der Waals surface area (Å²) in [6.07, 6.45) is 3.73. The molecule has 112 heavy (non-hydrogen) atoms.